The first-order valence-corrected chi connectivity index (χ1v) is 18.1. The standard InChI is InChI=1S/C38H43F6N5O4/c1-3-30(50)49-21-36(22-49)12-16-48(17-13-36)34-28-20-27(24-8-9-24)31(26-6-4-5-7-29(26)38(42,43)44)33(52-23-37(39,40)41)32(28)45-35(46-34)53-25-10-14-47(15-11-25)18-19-51-2/h3-7,20,24-25H,1,8-19,21-23H2,2H3. The zero-order valence-corrected chi connectivity index (χ0v) is 29.6. The van der Waals surface area contributed by atoms with Crippen LogP contribution < -0.4 is 14.4 Å². The molecule has 2 aromatic carbocycles. The highest BCUT2D eigenvalue weighted by molar-refractivity contribution is 6.01. The van der Waals surface area contributed by atoms with Gasteiger partial charge in [0.25, 0.3) is 0 Å². The highest BCUT2D eigenvalue weighted by atomic mass is 19.4. The van der Waals surface area contributed by atoms with E-state index in [1.54, 1.807) is 18.1 Å². The number of rotatable bonds is 11. The molecule has 1 spiro atoms. The van der Waals surface area contributed by atoms with E-state index in [0.717, 1.165) is 38.5 Å². The lowest BCUT2D eigenvalue weighted by Crippen LogP contribution is -2.61. The maximum atomic E-state index is 14.5. The Bertz CT molecular complexity index is 1820. The molecule has 286 valence electrons. The normalized spacial score (nSPS) is 19.8. The van der Waals surface area contributed by atoms with Crippen LogP contribution in [0.25, 0.3) is 22.0 Å². The van der Waals surface area contributed by atoms with Gasteiger partial charge in [0.15, 0.2) is 12.4 Å². The fraction of sp³-hybridized carbons (Fsp3) is 0.553. The molecule has 7 rings (SSSR count). The van der Waals surface area contributed by atoms with E-state index in [0.29, 0.717) is 75.2 Å². The minimum atomic E-state index is -4.78. The van der Waals surface area contributed by atoms with Gasteiger partial charge in [-0.05, 0) is 73.8 Å². The number of likely N-dealkylation sites (tertiary alicyclic amines) is 2. The summed E-state index contributed by atoms with van der Waals surface area (Å²) in [5.41, 5.74) is -0.916. The van der Waals surface area contributed by atoms with Gasteiger partial charge in [-0.15, -0.1) is 0 Å². The highest BCUT2D eigenvalue weighted by Crippen LogP contribution is 2.53. The molecule has 0 N–H and O–H groups in total. The Morgan fingerprint density at radius 3 is 2.32 bits per heavy atom. The van der Waals surface area contributed by atoms with Crippen molar-refractivity contribution in [1.82, 2.24) is 19.8 Å². The number of halogens is 6. The molecule has 1 saturated carbocycles. The Labute approximate surface area is 303 Å². The number of hydrogen-bond donors (Lipinski definition) is 0. The predicted molar refractivity (Wildman–Crippen MR) is 186 cm³/mol. The number of fused-ring (bicyclic) bond motifs is 1. The number of benzene rings is 2. The van der Waals surface area contributed by atoms with E-state index in [1.165, 1.54) is 24.3 Å². The minimum Gasteiger partial charge on any atom is -0.481 e. The number of nitrogens with zero attached hydrogens (tertiary/aromatic N) is 5. The average Bonchev–Trinajstić information content (AvgIpc) is 3.97. The number of carbonyl (C=O) groups is 1. The minimum absolute atomic E-state index is 0.0326. The summed E-state index contributed by atoms with van der Waals surface area (Å²) in [5, 5.41) is 0.395. The van der Waals surface area contributed by atoms with E-state index >= 15 is 0 Å². The molecule has 3 aromatic rings. The number of alkyl halides is 6. The van der Waals surface area contributed by atoms with E-state index in [9.17, 15) is 31.1 Å². The van der Waals surface area contributed by atoms with E-state index in [-0.39, 0.29) is 51.7 Å². The Morgan fingerprint density at radius 1 is 1.00 bits per heavy atom. The second kappa shape index (κ2) is 14.6. The van der Waals surface area contributed by atoms with Crippen molar-refractivity contribution >= 4 is 22.6 Å². The smallest absolute Gasteiger partial charge is 0.422 e. The summed E-state index contributed by atoms with van der Waals surface area (Å²) in [6, 6.07) is 6.57. The quantitative estimate of drug-likeness (QED) is 0.150. The van der Waals surface area contributed by atoms with Crippen LogP contribution in [-0.2, 0) is 15.7 Å². The number of ether oxygens (including phenoxy) is 3. The second-order valence-electron chi connectivity index (χ2n) is 14.7. The van der Waals surface area contributed by atoms with Crippen molar-refractivity contribution in [1.29, 1.82) is 0 Å². The first-order chi connectivity index (χ1) is 25.3. The molecule has 53 heavy (non-hydrogen) atoms. The van der Waals surface area contributed by atoms with E-state index in [1.807, 2.05) is 4.90 Å². The lowest BCUT2D eigenvalue weighted by atomic mass is 9.72. The fourth-order valence-electron chi connectivity index (χ4n) is 7.93. The van der Waals surface area contributed by atoms with E-state index in [4.69, 9.17) is 19.2 Å². The second-order valence-corrected chi connectivity index (χ2v) is 14.7. The number of amides is 1. The number of methoxy groups -OCH3 is 1. The van der Waals surface area contributed by atoms with Gasteiger partial charge in [0.05, 0.1) is 12.2 Å². The summed E-state index contributed by atoms with van der Waals surface area (Å²) in [4.78, 5) is 27.8. The van der Waals surface area contributed by atoms with Crippen molar-refractivity contribution < 1.29 is 45.3 Å². The van der Waals surface area contributed by atoms with Crippen molar-refractivity contribution in [2.75, 3.05) is 71.0 Å². The number of aromatic nitrogens is 2. The van der Waals surface area contributed by atoms with Crippen molar-refractivity contribution in [3.8, 4) is 22.9 Å². The molecule has 1 amide bonds. The molecule has 0 radical (unpaired) electrons. The summed E-state index contributed by atoms with van der Waals surface area (Å²) in [5.74, 6) is -0.227. The highest BCUT2D eigenvalue weighted by Gasteiger charge is 2.47. The predicted octanol–water partition coefficient (Wildman–Crippen LogP) is 7.24. The van der Waals surface area contributed by atoms with Gasteiger partial charge in [-0.25, -0.2) is 0 Å². The summed E-state index contributed by atoms with van der Waals surface area (Å²) in [6.45, 7) is 6.97. The van der Waals surface area contributed by atoms with Crippen LogP contribution in [0.3, 0.4) is 0 Å². The molecule has 3 saturated heterocycles. The molecule has 1 aromatic heterocycles. The Morgan fingerprint density at radius 2 is 1.70 bits per heavy atom. The zero-order chi connectivity index (χ0) is 37.5. The first kappa shape index (κ1) is 37.2. The first-order valence-electron chi connectivity index (χ1n) is 18.1. The zero-order valence-electron chi connectivity index (χ0n) is 29.6. The molecule has 15 heteroatoms. The monoisotopic (exact) mass is 747 g/mol. The van der Waals surface area contributed by atoms with Crippen LogP contribution in [0.2, 0.25) is 0 Å². The summed E-state index contributed by atoms with van der Waals surface area (Å²) in [7, 11) is 1.64. The van der Waals surface area contributed by atoms with Crippen molar-refractivity contribution in [2.24, 2.45) is 5.41 Å². The van der Waals surface area contributed by atoms with Gasteiger partial charge in [0, 0.05) is 69.3 Å². The summed E-state index contributed by atoms with van der Waals surface area (Å²) < 4.78 is 102. The Kier molecular flexibility index (Phi) is 10.3. The Hall–Kier alpha value is -4.11. The maximum Gasteiger partial charge on any atom is 0.422 e. The topological polar surface area (TPSA) is 80.3 Å². The Balaban J connectivity index is 1.34. The van der Waals surface area contributed by atoms with Crippen molar-refractivity contribution in [3.63, 3.8) is 0 Å². The molecular weight excluding hydrogens is 704 g/mol. The molecule has 4 heterocycles. The van der Waals surface area contributed by atoms with Crippen LogP contribution in [-0.4, -0.2) is 104 Å². The van der Waals surface area contributed by atoms with Gasteiger partial charge in [0.2, 0.25) is 5.91 Å². The van der Waals surface area contributed by atoms with Crippen LogP contribution >= 0.6 is 0 Å². The van der Waals surface area contributed by atoms with Crippen LogP contribution in [0.1, 0.15) is 55.6 Å². The lowest BCUT2D eigenvalue weighted by Gasteiger charge is -2.54. The number of anilines is 1. The molecular formula is C38H43F6N5O4. The molecule has 4 fully saturated rings. The van der Waals surface area contributed by atoms with Gasteiger partial charge in [-0.3, -0.25) is 4.79 Å². The largest absolute Gasteiger partial charge is 0.481 e. The van der Waals surface area contributed by atoms with Crippen molar-refractivity contribution in [2.45, 2.75) is 62.9 Å². The van der Waals surface area contributed by atoms with Crippen LogP contribution in [0.4, 0.5) is 32.2 Å². The molecule has 0 bridgehead atoms. The average molecular weight is 748 g/mol. The number of carbonyl (C=O) groups excluding carboxylic acids is 1. The third-order valence-electron chi connectivity index (χ3n) is 10.9. The molecule has 9 nitrogen and oxygen atoms in total. The van der Waals surface area contributed by atoms with Gasteiger partial charge < -0.3 is 28.9 Å². The van der Waals surface area contributed by atoms with Gasteiger partial charge in [-0.2, -0.15) is 36.3 Å². The van der Waals surface area contributed by atoms with Crippen molar-refractivity contribution in [3.05, 3.63) is 54.1 Å². The van der Waals surface area contributed by atoms with Crippen LogP contribution in [0.5, 0.6) is 11.8 Å². The number of hydrogen-bond acceptors (Lipinski definition) is 8. The molecule has 1 aliphatic carbocycles. The van der Waals surface area contributed by atoms with Gasteiger partial charge >= 0.3 is 18.4 Å². The summed E-state index contributed by atoms with van der Waals surface area (Å²) >= 11 is 0. The SMILES string of the molecule is C=CC(=O)N1CC2(CCN(c3nc(OC4CCN(CCOC)CC4)nc4c(OCC(F)(F)F)c(-c5ccccc5C(F)(F)F)c(C5CC5)cc34)CC2)C1. The van der Waals surface area contributed by atoms with E-state index < -0.39 is 24.5 Å². The maximum absolute atomic E-state index is 14.5. The van der Waals surface area contributed by atoms with Gasteiger partial charge in [0.1, 0.15) is 17.4 Å². The fourth-order valence-corrected chi connectivity index (χ4v) is 7.93. The van der Waals surface area contributed by atoms with Crippen LogP contribution in [0.15, 0.2) is 43.0 Å². The molecule has 4 aliphatic rings. The third-order valence-corrected chi connectivity index (χ3v) is 10.9. The van der Waals surface area contributed by atoms with E-state index in [2.05, 4.69) is 16.5 Å². The molecule has 0 unspecified atom stereocenters. The summed E-state index contributed by atoms with van der Waals surface area (Å²) in [6.07, 6.45) is -4.45. The number of piperidine rings is 2. The van der Waals surface area contributed by atoms with Crippen LogP contribution in [0, 0.1) is 5.41 Å². The molecule has 0 atom stereocenters. The lowest BCUT2D eigenvalue weighted by molar-refractivity contribution is -0.153. The van der Waals surface area contributed by atoms with Gasteiger partial charge in [-0.1, -0.05) is 24.8 Å². The molecule has 3 aliphatic heterocycles. The third kappa shape index (κ3) is 8.06.